The summed E-state index contributed by atoms with van der Waals surface area (Å²) in [6, 6.07) is 0. The van der Waals surface area contributed by atoms with Crippen molar-refractivity contribution in [3.63, 3.8) is 0 Å². The van der Waals surface area contributed by atoms with Crippen molar-refractivity contribution in [3.8, 4) is 0 Å². The van der Waals surface area contributed by atoms with Gasteiger partial charge in [-0.1, -0.05) is 241 Å². The number of rotatable bonds is 52. The van der Waals surface area contributed by atoms with E-state index in [0.29, 0.717) is 25.9 Å². The van der Waals surface area contributed by atoms with Crippen molar-refractivity contribution in [2.24, 2.45) is 0 Å². The first kappa shape index (κ1) is 63.3. The van der Waals surface area contributed by atoms with Crippen molar-refractivity contribution in [1.29, 1.82) is 0 Å². The van der Waals surface area contributed by atoms with Crippen molar-refractivity contribution >= 4 is 11.9 Å². The lowest BCUT2D eigenvalue weighted by atomic mass is 10.1. The number of unbranched alkanes of at least 4 members (excludes halogenated alkanes) is 29. The van der Waals surface area contributed by atoms with Crippen LogP contribution >= 0.6 is 0 Å². The molecule has 5 nitrogen and oxygen atoms in total. The molecule has 0 aromatic rings. The molecule has 0 aromatic heterocycles. The van der Waals surface area contributed by atoms with E-state index in [1.165, 1.54) is 186 Å². The van der Waals surface area contributed by atoms with Gasteiger partial charge in [0.2, 0.25) is 0 Å². The number of carbonyl (C=O) groups is 2. The fourth-order valence-corrected chi connectivity index (χ4v) is 7.98. The van der Waals surface area contributed by atoms with Crippen LogP contribution in [0.5, 0.6) is 0 Å². The number of hydrogen-bond donors (Lipinski definition) is 0. The highest BCUT2D eigenvalue weighted by Gasteiger charge is 2.17. The summed E-state index contributed by atoms with van der Waals surface area (Å²) < 4.78 is 17.4. The molecule has 0 bridgehead atoms. The molecular weight excluding hydrogens is 813 g/mol. The first-order chi connectivity index (χ1) is 32.6. The standard InChI is InChI=1S/C61H108O5/c1-4-7-10-13-16-19-22-25-27-29-31-32-34-37-39-42-45-48-51-54-60(62)65-58-59(66-61(63)55-52-49-46-43-40-36-24-21-18-15-12-9-6-3)57-64-56-53-50-47-44-41-38-35-33-30-28-26-23-20-17-14-11-8-5-2/h9,12,18,21,25-28,36,40,46,49,59H,4-8,10-11,13-17,19-20,22-24,29-35,37-39,41-45,47-48,50-58H2,1-3H3/b12-9-,21-18-,27-25-,28-26-,40-36-,49-46-. The van der Waals surface area contributed by atoms with Gasteiger partial charge in [0.15, 0.2) is 6.10 Å². The van der Waals surface area contributed by atoms with Crippen LogP contribution < -0.4 is 0 Å². The molecule has 0 fully saturated rings. The summed E-state index contributed by atoms with van der Waals surface area (Å²) >= 11 is 0. The van der Waals surface area contributed by atoms with Crippen LogP contribution in [0.2, 0.25) is 0 Å². The van der Waals surface area contributed by atoms with Gasteiger partial charge >= 0.3 is 11.9 Å². The van der Waals surface area contributed by atoms with Crippen LogP contribution in [0.4, 0.5) is 0 Å². The average molecular weight is 922 g/mol. The maximum atomic E-state index is 12.8. The number of hydrogen-bond acceptors (Lipinski definition) is 5. The van der Waals surface area contributed by atoms with Gasteiger partial charge < -0.3 is 14.2 Å². The second-order valence-electron chi connectivity index (χ2n) is 18.8. The van der Waals surface area contributed by atoms with Crippen LogP contribution in [0.3, 0.4) is 0 Å². The van der Waals surface area contributed by atoms with E-state index in [1.807, 2.05) is 6.08 Å². The van der Waals surface area contributed by atoms with Crippen LogP contribution in [-0.4, -0.2) is 37.9 Å². The highest BCUT2D eigenvalue weighted by Crippen LogP contribution is 2.15. The number of ether oxygens (including phenoxy) is 3. The molecule has 66 heavy (non-hydrogen) atoms. The first-order valence-corrected chi connectivity index (χ1v) is 28.5. The van der Waals surface area contributed by atoms with Gasteiger partial charge in [-0.25, -0.2) is 0 Å². The third kappa shape index (κ3) is 54.0. The largest absolute Gasteiger partial charge is 0.462 e. The Morgan fingerprint density at radius 1 is 0.348 bits per heavy atom. The maximum Gasteiger partial charge on any atom is 0.306 e. The molecular formula is C61H108O5. The SMILES string of the molecule is CC/C=C\C/C=C\C/C=C\C/C=C\CCC(=O)OC(COCCCCCCCCCC/C=C\CCCCCCCC)COC(=O)CCCCCCCCCCC/C=C\CCCCCCCC. The molecule has 5 heteroatoms. The second kappa shape index (κ2) is 56.7. The summed E-state index contributed by atoms with van der Waals surface area (Å²) in [6.45, 7) is 7.65. The van der Waals surface area contributed by atoms with Crippen LogP contribution in [0.1, 0.15) is 278 Å². The van der Waals surface area contributed by atoms with Crippen LogP contribution in [-0.2, 0) is 23.8 Å². The molecule has 0 N–H and O–H groups in total. The van der Waals surface area contributed by atoms with Gasteiger partial charge in [-0.15, -0.1) is 0 Å². The minimum absolute atomic E-state index is 0.0539. The van der Waals surface area contributed by atoms with Gasteiger partial charge in [-0.05, 0) is 96.3 Å². The van der Waals surface area contributed by atoms with E-state index >= 15 is 0 Å². The maximum absolute atomic E-state index is 12.8. The lowest BCUT2D eigenvalue weighted by molar-refractivity contribution is -0.162. The van der Waals surface area contributed by atoms with Gasteiger partial charge in [0.05, 0.1) is 6.61 Å². The smallest absolute Gasteiger partial charge is 0.306 e. The summed E-state index contributed by atoms with van der Waals surface area (Å²) in [5.41, 5.74) is 0. The molecule has 0 aliphatic carbocycles. The highest BCUT2D eigenvalue weighted by atomic mass is 16.6. The zero-order chi connectivity index (χ0) is 47.7. The Bertz CT molecular complexity index is 1180. The molecule has 0 saturated heterocycles. The van der Waals surface area contributed by atoms with Gasteiger partial charge in [-0.2, -0.15) is 0 Å². The lowest BCUT2D eigenvalue weighted by Crippen LogP contribution is -2.30. The van der Waals surface area contributed by atoms with Gasteiger partial charge in [0.25, 0.3) is 0 Å². The Balaban J connectivity index is 4.29. The molecule has 0 heterocycles. The van der Waals surface area contributed by atoms with E-state index in [2.05, 4.69) is 87.6 Å². The van der Waals surface area contributed by atoms with Crippen molar-refractivity contribution in [1.82, 2.24) is 0 Å². The molecule has 0 spiro atoms. The Kier molecular flexibility index (Phi) is 54.4. The Morgan fingerprint density at radius 3 is 1.15 bits per heavy atom. The van der Waals surface area contributed by atoms with E-state index in [4.69, 9.17) is 14.2 Å². The molecule has 1 unspecified atom stereocenters. The fraction of sp³-hybridized carbons (Fsp3) is 0.770. The predicted molar refractivity (Wildman–Crippen MR) is 288 cm³/mol. The van der Waals surface area contributed by atoms with E-state index in [0.717, 1.165) is 51.4 Å². The van der Waals surface area contributed by atoms with Crippen LogP contribution in [0.25, 0.3) is 0 Å². The van der Waals surface area contributed by atoms with E-state index in [1.54, 1.807) is 0 Å². The molecule has 0 radical (unpaired) electrons. The van der Waals surface area contributed by atoms with E-state index in [9.17, 15) is 9.59 Å². The summed E-state index contributed by atoms with van der Waals surface area (Å²) in [6.07, 6.45) is 73.7. The van der Waals surface area contributed by atoms with E-state index in [-0.39, 0.29) is 25.2 Å². The Labute approximate surface area is 410 Å². The zero-order valence-electron chi connectivity index (χ0n) is 44.0. The third-order valence-electron chi connectivity index (χ3n) is 12.2. The average Bonchev–Trinajstić information content (AvgIpc) is 3.32. The van der Waals surface area contributed by atoms with Gasteiger partial charge in [0.1, 0.15) is 6.61 Å². The molecule has 0 aromatic carbocycles. The summed E-state index contributed by atoms with van der Waals surface area (Å²) in [4.78, 5) is 25.4. The minimum atomic E-state index is -0.578. The third-order valence-corrected chi connectivity index (χ3v) is 12.2. The molecule has 0 saturated carbocycles. The number of allylic oxidation sites excluding steroid dienone is 12. The van der Waals surface area contributed by atoms with Crippen LogP contribution in [0.15, 0.2) is 72.9 Å². The monoisotopic (exact) mass is 921 g/mol. The lowest BCUT2D eigenvalue weighted by Gasteiger charge is -2.18. The first-order valence-electron chi connectivity index (χ1n) is 28.5. The molecule has 382 valence electrons. The Morgan fingerprint density at radius 2 is 0.712 bits per heavy atom. The minimum Gasteiger partial charge on any atom is -0.462 e. The van der Waals surface area contributed by atoms with Crippen LogP contribution in [0, 0.1) is 0 Å². The predicted octanol–water partition coefficient (Wildman–Crippen LogP) is 19.5. The second-order valence-corrected chi connectivity index (χ2v) is 18.8. The number of esters is 2. The topological polar surface area (TPSA) is 61.8 Å². The van der Waals surface area contributed by atoms with Crippen molar-refractivity contribution < 1.29 is 23.8 Å². The summed E-state index contributed by atoms with van der Waals surface area (Å²) in [5, 5.41) is 0. The molecule has 0 amide bonds. The summed E-state index contributed by atoms with van der Waals surface area (Å²) in [5.74, 6) is -0.487. The molecule has 0 aliphatic heterocycles. The highest BCUT2D eigenvalue weighted by molar-refractivity contribution is 5.70. The van der Waals surface area contributed by atoms with Gasteiger partial charge in [-0.3, -0.25) is 9.59 Å². The zero-order valence-corrected chi connectivity index (χ0v) is 44.0. The van der Waals surface area contributed by atoms with Crippen molar-refractivity contribution in [2.45, 2.75) is 284 Å². The van der Waals surface area contributed by atoms with Crippen molar-refractivity contribution in [3.05, 3.63) is 72.9 Å². The molecule has 0 rings (SSSR count). The normalized spacial score (nSPS) is 12.7. The summed E-state index contributed by atoms with van der Waals surface area (Å²) in [7, 11) is 0. The molecule has 0 aliphatic rings. The molecule has 1 atom stereocenters. The van der Waals surface area contributed by atoms with Crippen molar-refractivity contribution in [2.75, 3.05) is 19.8 Å². The van der Waals surface area contributed by atoms with E-state index < -0.39 is 6.10 Å². The number of carbonyl (C=O) groups excluding carboxylic acids is 2. The van der Waals surface area contributed by atoms with Gasteiger partial charge in [0, 0.05) is 19.4 Å². The quantitative estimate of drug-likeness (QED) is 0.0346. The Hall–Kier alpha value is -2.66. The fourth-order valence-electron chi connectivity index (χ4n) is 7.98.